The quantitative estimate of drug-likeness (QED) is 0.771. The van der Waals surface area contributed by atoms with Gasteiger partial charge in [-0.15, -0.1) is 0 Å². The van der Waals surface area contributed by atoms with Crippen molar-refractivity contribution in [1.29, 1.82) is 0 Å². The molecule has 0 spiro atoms. The van der Waals surface area contributed by atoms with Crippen molar-refractivity contribution in [1.82, 2.24) is 24.6 Å². The number of imidazole rings is 1. The highest BCUT2D eigenvalue weighted by Crippen LogP contribution is 2.24. The number of methoxy groups -OCH3 is 1. The Balaban J connectivity index is 1.98. The normalized spacial score (nSPS) is 12.0. The largest absolute Gasteiger partial charge is 0.497 e. The first-order valence-electron chi connectivity index (χ1n) is 7.92. The SMILES string of the molecule is COc1cccc(C(NC(=O)c2cnn(C)c2C)c2nccn2C)c1. The molecule has 0 radical (unpaired) electrons. The Kier molecular flexibility index (Phi) is 4.56. The van der Waals surface area contributed by atoms with Gasteiger partial charge in [0, 0.05) is 32.2 Å². The van der Waals surface area contributed by atoms with E-state index in [-0.39, 0.29) is 5.91 Å². The zero-order valence-corrected chi connectivity index (χ0v) is 14.7. The van der Waals surface area contributed by atoms with Crippen LogP contribution in [0.1, 0.15) is 33.5 Å². The lowest BCUT2D eigenvalue weighted by atomic mass is 10.0. The number of hydrogen-bond donors (Lipinski definition) is 1. The molecule has 0 saturated carbocycles. The molecule has 0 fully saturated rings. The Morgan fingerprint density at radius 3 is 2.72 bits per heavy atom. The standard InChI is InChI=1S/C18H21N5O2/c1-12-15(11-20-23(12)3)18(24)21-16(17-19-8-9-22(17)2)13-6-5-7-14(10-13)25-4/h5-11,16H,1-4H3,(H,21,24). The summed E-state index contributed by atoms with van der Waals surface area (Å²) in [6.45, 7) is 1.86. The van der Waals surface area contributed by atoms with Crippen LogP contribution in [0.15, 0.2) is 42.9 Å². The van der Waals surface area contributed by atoms with Crippen molar-refractivity contribution in [2.24, 2.45) is 14.1 Å². The highest BCUT2D eigenvalue weighted by Gasteiger charge is 2.23. The fourth-order valence-electron chi connectivity index (χ4n) is 2.70. The summed E-state index contributed by atoms with van der Waals surface area (Å²) < 4.78 is 8.88. The van der Waals surface area contributed by atoms with Gasteiger partial charge < -0.3 is 14.6 Å². The lowest BCUT2D eigenvalue weighted by Gasteiger charge is -2.19. The third kappa shape index (κ3) is 3.26. The number of aromatic nitrogens is 4. The van der Waals surface area contributed by atoms with E-state index in [9.17, 15) is 4.79 Å². The van der Waals surface area contributed by atoms with E-state index in [1.165, 1.54) is 0 Å². The van der Waals surface area contributed by atoms with Crippen molar-refractivity contribution in [3.05, 3.63) is 65.5 Å². The summed E-state index contributed by atoms with van der Waals surface area (Å²) in [5.41, 5.74) is 2.25. The molecular weight excluding hydrogens is 318 g/mol. The van der Waals surface area contributed by atoms with Crippen molar-refractivity contribution < 1.29 is 9.53 Å². The number of hydrogen-bond acceptors (Lipinski definition) is 4. The zero-order chi connectivity index (χ0) is 18.0. The van der Waals surface area contributed by atoms with Crippen molar-refractivity contribution in [3.8, 4) is 5.75 Å². The van der Waals surface area contributed by atoms with E-state index in [4.69, 9.17) is 4.74 Å². The van der Waals surface area contributed by atoms with Gasteiger partial charge in [-0.1, -0.05) is 12.1 Å². The van der Waals surface area contributed by atoms with Gasteiger partial charge in [-0.2, -0.15) is 5.10 Å². The molecule has 1 atom stereocenters. The molecule has 1 aromatic carbocycles. The van der Waals surface area contributed by atoms with E-state index in [1.807, 2.05) is 56.0 Å². The van der Waals surface area contributed by atoms with Crippen LogP contribution >= 0.6 is 0 Å². The van der Waals surface area contributed by atoms with Gasteiger partial charge in [0.25, 0.3) is 5.91 Å². The zero-order valence-electron chi connectivity index (χ0n) is 14.7. The lowest BCUT2D eigenvalue weighted by Crippen LogP contribution is -2.31. The molecule has 0 aliphatic rings. The molecule has 130 valence electrons. The molecule has 0 aliphatic carbocycles. The Morgan fingerprint density at radius 2 is 2.12 bits per heavy atom. The second-order valence-corrected chi connectivity index (χ2v) is 5.85. The van der Waals surface area contributed by atoms with Crippen LogP contribution < -0.4 is 10.1 Å². The van der Waals surface area contributed by atoms with Crippen molar-refractivity contribution in [3.63, 3.8) is 0 Å². The van der Waals surface area contributed by atoms with Crippen LogP contribution in [0.2, 0.25) is 0 Å². The van der Waals surface area contributed by atoms with Gasteiger partial charge in [0.15, 0.2) is 0 Å². The predicted molar refractivity (Wildman–Crippen MR) is 93.5 cm³/mol. The van der Waals surface area contributed by atoms with E-state index in [1.54, 1.807) is 24.2 Å². The Bertz CT molecular complexity index is 897. The third-order valence-corrected chi connectivity index (χ3v) is 4.30. The van der Waals surface area contributed by atoms with Crippen LogP contribution in [0.4, 0.5) is 0 Å². The number of carbonyl (C=O) groups is 1. The molecule has 2 heterocycles. The minimum Gasteiger partial charge on any atom is -0.497 e. The van der Waals surface area contributed by atoms with Gasteiger partial charge >= 0.3 is 0 Å². The van der Waals surface area contributed by atoms with Crippen molar-refractivity contribution in [2.75, 3.05) is 7.11 Å². The Hall–Kier alpha value is -3.09. The summed E-state index contributed by atoms with van der Waals surface area (Å²) in [7, 11) is 5.33. The fourth-order valence-corrected chi connectivity index (χ4v) is 2.70. The van der Waals surface area contributed by atoms with E-state index in [0.29, 0.717) is 5.56 Å². The lowest BCUT2D eigenvalue weighted by molar-refractivity contribution is 0.0940. The topological polar surface area (TPSA) is 74.0 Å². The molecule has 2 aromatic heterocycles. The highest BCUT2D eigenvalue weighted by molar-refractivity contribution is 5.95. The first-order valence-corrected chi connectivity index (χ1v) is 7.92. The van der Waals surface area contributed by atoms with E-state index in [0.717, 1.165) is 22.8 Å². The van der Waals surface area contributed by atoms with Crippen LogP contribution in [0.3, 0.4) is 0 Å². The minimum atomic E-state index is -0.401. The molecule has 7 heteroatoms. The number of aryl methyl sites for hydroxylation is 2. The van der Waals surface area contributed by atoms with Crippen molar-refractivity contribution >= 4 is 5.91 Å². The molecule has 1 N–H and O–H groups in total. The molecule has 0 bridgehead atoms. The fraction of sp³-hybridized carbons (Fsp3) is 0.278. The van der Waals surface area contributed by atoms with Gasteiger partial charge in [0.05, 0.1) is 18.9 Å². The summed E-state index contributed by atoms with van der Waals surface area (Å²) in [5.74, 6) is 1.27. The van der Waals surface area contributed by atoms with Gasteiger partial charge in [-0.05, 0) is 24.6 Å². The number of amides is 1. The number of nitrogens with zero attached hydrogens (tertiary/aromatic N) is 4. The first kappa shape index (κ1) is 16.8. The summed E-state index contributed by atoms with van der Waals surface area (Å²) in [5, 5.41) is 7.21. The van der Waals surface area contributed by atoms with Crippen LogP contribution in [-0.4, -0.2) is 32.3 Å². The first-order chi connectivity index (χ1) is 12.0. The summed E-state index contributed by atoms with van der Waals surface area (Å²) in [6, 6.07) is 7.20. The van der Waals surface area contributed by atoms with Crippen LogP contribution in [0.5, 0.6) is 5.75 Å². The van der Waals surface area contributed by atoms with E-state index < -0.39 is 6.04 Å². The monoisotopic (exact) mass is 339 g/mol. The maximum Gasteiger partial charge on any atom is 0.255 e. The molecule has 7 nitrogen and oxygen atoms in total. The van der Waals surface area contributed by atoms with Crippen LogP contribution in [-0.2, 0) is 14.1 Å². The van der Waals surface area contributed by atoms with Gasteiger partial charge in [-0.25, -0.2) is 4.98 Å². The maximum atomic E-state index is 12.8. The summed E-state index contributed by atoms with van der Waals surface area (Å²) in [6.07, 6.45) is 5.14. The number of ether oxygens (including phenoxy) is 1. The maximum absolute atomic E-state index is 12.8. The Morgan fingerprint density at radius 1 is 1.32 bits per heavy atom. The third-order valence-electron chi connectivity index (χ3n) is 4.30. The molecule has 0 saturated heterocycles. The second-order valence-electron chi connectivity index (χ2n) is 5.85. The molecule has 25 heavy (non-hydrogen) atoms. The minimum absolute atomic E-state index is 0.193. The molecule has 1 amide bonds. The van der Waals surface area contributed by atoms with Crippen LogP contribution in [0.25, 0.3) is 0 Å². The van der Waals surface area contributed by atoms with E-state index >= 15 is 0 Å². The number of nitrogens with one attached hydrogen (secondary N) is 1. The molecular formula is C18H21N5O2. The predicted octanol–water partition coefficient (Wildman–Crippen LogP) is 1.99. The number of carbonyl (C=O) groups excluding carboxylic acids is 1. The smallest absolute Gasteiger partial charge is 0.255 e. The number of rotatable bonds is 5. The molecule has 3 aromatic rings. The average molecular weight is 339 g/mol. The summed E-state index contributed by atoms with van der Waals surface area (Å²) >= 11 is 0. The molecule has 1 unspecified atom stereocenters. The summed E-state index contributed by atoms with van der Waals surface area (Å²) in [4.78, 5) is 17.2. The van der Waals surface area contributed by atoms with Crippen LogP contribution in [0, 0.1) is 6.92 Å². The van der Waals surface area contributed by atoms with Gasteiger partial charge in [0.2, 0.25) is 0 Å². The average Bonchev–Trinajstić information content (AvgIpc) is 3.19. The number of benzene rings is 1. The van der Waals surface area contributed by atoms with Gasteiger partial charge in [0.1, 0.15) is 17.6 Å². The molecule has 0 aliphatic heterocycles. The Labute approximate surface area is 146 Å². The van der Waals surface area contributed by atoms with Gasteiger partial charge in [-0.3, -0.25) is 9.48 Å². The molecule has 3 rings (SSSR count). The second kappa shape index (κ2) is 6.80. The highest BCUT2D eigenvalue weighted by atomic mass is 16.5. The van der Waals surface area contributed by atoms with E-state index in [2.05, 4.69) is 15.4 Å². The van der Waals surface area contributed by atoms with Crippen molar-refractivity contribution in [2.45, 2.75) is 13.0 Å².